The largest absolute Gasteiger partial charge is 0.491 e. The second kappa shape index (κ2) is 6.98. The van der Waals surface area contributed by atoms with Crippen LogP contribution < -0.4 is 10.1 Å². The first kappa shape index (κ1) is 14.4. The SMILES string of the molecule is O=C(CCOc1cccc(Cl)c1Cl)N1CCNCC1. The molecule has 0 spiro atoms. The Morgan fingerprint density at radius 1 is 1.32 bits per heavy atom. The van der Waals surface area contributed by atoms with E-state index in [0.29, 0.717) is 28.8 Å². The molecule has 0 radical (unpaired) electrons. The smallest absolute Gasteiger partial charge is 0.226 e. The molecular formula is C13H16Cl2N2O2. The van der Waals surface area contributed by atoms with Gasteiger partial charge in [-0.25, -0.2) is 0 Å². The average molecular weight is 303 g/mol. The molecule has 2 rings (SSSR count). The van der Waals surface area contributed by atoms with Crippen LogP contribution in [0.4, 0.5) is 0 Å². The Kier molecular flexibility index (Phi) is 5.31. The highest BCUT2D eigenvalue weighted by atomic mass is 35.5. The van der Waals surface area contributed by atoms with Gasteiger partial charge in [0.25, 0.3) is 0 Å². The molecule has 1 N–H and O–H groups in total. The Hall–Kier alpha value is -0.970. The fraction of sp³-hybridized carbons (Fsp3) is 0.462. The summed E-state index contributed by atoms with van der Waals surface area (Å²) in [5.74, 6) is 0.627. The fourth-order valence-electron chi connectivity index (χ4n) is 1.92. The summed E-state index contributed by atoms with van der Waals surface area (Å²) >= 11 is 11.9. The van der Waals surface area contributed by atoms with Gasteiger partial charge in [0, 0.05) is 26.2 Å². The summed E-state index contributed by atoms with van der Waals surface area (Å²) in [5, 5.41) is 4.05. The van der Waals surface area contributed by atoms with Crippen molar-refractivity contribution in [2.75, 3.05) is 32.8 Å². The normalized spacial score (nSPS) is 15.4. The highest BCUT2D eigenvalue weighted by molar-refractivity contribution is 6.42. The predicted molar refractivity (Wildman–Crippen MR) is 76.0 cm³/mol. The van der Waals surface area contributed by atoms with E-state index in [1.165, 1.54) is 0 Å². The summed E-state index contributed by atoms with van der Waals surface area (Å²) in [4.78, 5) is 13.7. The van der Waals surface area contributed by atoms with Crippen LogP contribution in [-0.4, -0.2) is 43.6 Å². The van der Waals surface area contributed by atoms with E-state index in [9.17, 15) is 4.79 Å². The van der Waals surface area contributed by atoms with E-state index >= 15 is 0 Å². The van der Waals surface area contributed by atoms with Crippen LogP contribution >= 0.6 is 23.2 Å². The summed E-state index contributed by atoms with van der Waals surface area (Å²) in [5.41, 5.74) is 0. The molecule has 1 fully saturated rings. The van der Waals surface area contributed by atoms with Crippen molar-refractivity contribution in [2.24, 2.45) is 0 Å². The van der Waals surface area contributed by atoms with Crippen LogP contribution in [0.2, 0.25) is 10.0 Å². The minimum atomic E-state index is 0.111. The van der Waals surface area contributed by atoms with Crippen molar-refractivity contribution >= 4 is 29.1 Å². The number of carbonyl (C=O) groups is 1. The van der Waals surface area contributed by atoms with Crippen LogP contribution in [0.5, 0.6) is 5.75 Å². The van der Waals surface area contributed by atoms with Crippen LogP contribution in [0.1, 0.15) is 6.42 Å². The quantitative estimate of drug-likeness (QED) is 0.927. The molecule has 1 aliphatic heterocycles. The third-order valence-corrected chi connectivity index (χ3v) is 3.76. The molecule has 6 heteroatoms. The van der Waals surface area contributed by atoms with Crippen molar-refractivity contribution in [1.29, 1.82) is 0 Å². The summed E-state index contributed by atoms with van der Waals surface area (Å²) < 4.78 is 5.50. The van der Waals surface area contributed by atoms with Crippen LogP contribution in [0.25, 0.3) is 0 Å². The van der Waals surface area contributed by atoms with Crippen molar-refractivity contribution in [3.8, 4) is 5.75 Å². The summed E-state index contributed by atoms with van der Waals surface area (Å²) in [6, 6.07) is 5.20. The number of rotatable bonds is 4. The van der Waals surface area contributed by atoms with Crippen LogP contribution in [0.3, 0.4) is 0 Å². The Balaban J connectivity index is 1.79. The van der Waals surface area contributed by atoms with Gasteiger partial charge < -0.3 is 15.0 Å². The molecule has 1 aromatic rings. The number of hydrogen-bond acceptors (Lipinski definition) is 3. The Morgan fingerprint density at radius 3 is 2.79 bits per heavy atom. The van der Waals surface area contributed by atoms with E-state index in [1.54, 1.807) is 18.2 Å². The van der Waals surface area contributed by atoms with Gasteiger partial charge in [0.2, 0.25) is 5.91 Å². The summed E-state index contributed by atoms with van der Waals surface area (Å²) in [7, 11) is 0. The third kappa shape index (κ3) is 4.00. The molecular weight excluding hydrogens is 287 g/mol. The maximum atomic E-state index is 11.9. The van der Waals surface area contributed by atoms with Gasteiger partial charge in [0.05, 0.1) is 18.1 Å². The Bertz CT molecular complexity index is 448. The number of carbonyl (C=O) groups excluding carboxylic acids is 1. The molecule has 1 aliphatic rings. The maximum Gasteiger partial charge on any atom is 0.226 e. The molecule has 0 aromatic heterocycles. The zero-order valence-corrected chi connectivity index (χ0v) is 12.0. The predicted octanol–water partition coefficient (Wildman–Crippen LogP) is 2.19. The van der Waals surface area contributed by atoms with E-state index in [0.717, 1.165) is 26.2 Å². The average Bonchev–Trinajstić information content (AvgIpc) is 2.44. The number of amides is 1. The van der Waals surface area contributed by atoms with Gasteiger partial charge in [-0.3, -0.25) is 4.79 Å². The highest BCUT2D eigenvalue weighted by Gasteiger charge is 2.16. The molecule has 1 saturated heterocycles. The topological polar surface area (TPSA) is 41.6 Å². The van der Waals surface area contributed by atoms with Gasteiger partial charge in [-0.15, -0.1) is 0 Å². The van der Waals surface area contributed by atoms with Crippen molar-refractivity contribution < 1.29 is 9.53 Å². The minimum absolute atomic E-state index is 0.111. The number of nitrogens with one attached hydrogen (secondary N) is 1. The number of piperazine rings is 1. The maximum absolute atomic E-state index is 11.9. The second-order valence-electron chi connectivity index (χ2n) is 4.28. The first-order valence-corrected chi connectivity index (χ1v) is 6.99. The minimum Gasteiger partial charge on any atom is -0.491 e. The lowest BCUT2D eigenvalue weighted by Crippen LogP contribution is -2.46. The molecule has 4 nitrogen and oxygen atoms in total. The molecule has 1 amide bonds. The van der Waals surface area contributed by atoms with Crippen LogP contribution in [-0.2, 0) is 4.79 Å². The zero-order valence-electron chi connectivity index (χ0n) is 10.5. The standard InChI is InChI=1S/C13H16Cl2N2O2/c14-10-2-1-3-11(13(10)15)19-9-4-12(18)17-7-5-16-6-8-17/h1-3,16H,4-9H2. The van der Waals surface area contributed by atoms with Gasteiger partial charge >= 0.3 is 0 Å². The van der Waals surface area contributed by atoms with Gasteiger partial charge in [0.15, 0.2) is 0 Å². The number of benzene rings is 1. The van der Waals surface area contributed by atoms with Gasteiger partial charge in [0.1, 0.15) is 10.8 Å². The molecule has 0 bridgehead atoms. The van der Waals surface area contributed by atoms with Crippen LogP contribution in [0, 0.1) is 0 Å². The number of hydrogen-bond donors (Lipinski definition) is 1. The van der Waals surface area contributed by atoms with E-state index in [4.69, 9.17) is 27.9 Å². The van der Waals surface area contributed by atoms with Gasteiger partial charge in [-0.05, 0) is 12.1 Å². The first-order valence-electron chi connectivity index (χ1n) is 6.24. The molecule has 1 aromatic carbocycles. The summed E-state index contributed by atoms with van der Waals surface area (Å²) in [6.45, 7) is 3.54. The van der Waals surface area contributed by atoms with Gasteiger partial charge in [-0.1, -0.05) is 29.3 Å². The first-order chi connectivity index (χ1) is 9.18. The van der Waals surface area contributed by atoms with E-state index in [2.05, 4.69) is 5.32 Å². The van der Waals surface area contributed by atoms with Crippen molar-refractivity contribution in [1.82, 2.24) is 10.2 Å². The van der Waals surface area contributed by atoms with Crippen molar-refractivity contribution in [3.63, 3.8) is 0 Å². The highest BCUT2D eigenvalue weighted by Crippen LogP contribution is 2.31. The number of ether oxygens (including phenoxy) is 1. The molecule has 0 saturated carbocycles. The third-order valence-electron chi connectivity index (χ3n) is 2.96. The Labute approximate surface area is 122 Å². The zero-order chi connectivity index (χ0) is 13.7. The summed E-state index contributed by atoms with van der Waals surface area (Å²) in [6.07, 6.45) is 0.350. The number of halogens is 2. The molecule has 0 aliphatic carbocycles. The fourth-order valence-corrected chi connectivity index (χ4v) is 2.26. The molecule has 0 unspecified atom stereocenters. The Morgan fingerprint density at radius 2 is 2.05 bits per heavy atom. The van der Waals surface area contributed by atoms with E-state index in [-0.39, 0.29) is 5.91 Å². The van der Waals surface area contributed by atoms with Crippen molar-refractivity contribution in [3.05, 3.63) is 28.2 Å². The van der Waals surface area contributed by atoms with E-state index in [1.807, 2.05) is 4.90 Å². The molecule has 0 atom stereocenters. The lowest BCUT2D eigenvalue weighted by molar-refractivity contribution is -0.132. The lowest BCUT2D eigenvalue weighted by Gasteiger charge is -2.27. The van der Waals surface area contributed by atoms with Gasteiger partial charge in [-0.2, -0.15) is 0 Å². The lowest BCUT2D eigenvalue weighted by atomic mass is 10.3. The second-order valence-corrected chi connectivity index (χ2v) is 5.07. The number of nitrogens with zero attached hydrogens (tertiary/aromatic N) is 1. The molecule has 104 valence electrons. The van der Waals surface area contributed by atoms with Crippen molar-refractivity contribution in [2.45, 2.75) is 6.42 Å². The van der Waals surface area contributed by atoms with E-state index < -0.39 is 0 Å². The van der Waals surface area contributed by atoms with Crippen LogP contribution in [0.15, 0.2) is 18.2 Å². The molecule has 1 heterocycles. The monoisotopic (exact) mass is 302 g/mol. The molecule has 19 heavy (non-hydrogen) atoms.